The molecule has 98 valence electrons. The Kier molecular flexibility index (Phi) is 4.47. The minimum absolute atomic E-state index is 0.0434. The zero-order chi connectivity index (χ0) is 13.0. The third-order valence-corrected chi connectivity index (χ3v) is 3.99. The number of aromatic nitrogens is 1. The predicted molar refractivity (Wildman–Crippen MR) is 76.2 cm³/mol. The van der Waals surface area contributed by atoms with Crippen LogP contribution in [-0.4, -0.2) is 46.4 Å². The van der Waals surface area contributed by atoms with Crippen molar-refractivity contribution in [3.63, 3.8) is 0 Å². The van der Waals surface area contributed by atoms with E-state index in [9.17, 15) is 4.79 Å². The number of pyridine rings is 1. The van der Waals surface area contributed by atoms with E-state index in [0.29, 0.717) is 10.9 Å². The van der Waals surface area contributed by atoms with E-state index in [-0.39, 0.29) is 5.91 Å². The maximum absolute atomic E-state index is 12.3. The van der Waals surface area contributed by atoms with Gasteiger partial charge in [-0.05, 0) is 19.1 Å². The van der Waals surface area contributed by atoms with Crippen LogP contribution in [0.3, 0.4) is 0 Å². The number of carbonyl (C=O) groups excluding carboxylic acids is 1. The fourth-order valence-corrected chi connectivity index (χ4v) is 3.01. The first kappa shape index (κ1) is 13.2. The molecule has 1 unspecified atom stereocenters. The fourth-order valence-electron chi connectivity index (χ4n) is 2.00. The van der Waals surface area contributed by atoms with Gasteiger partial charge in [0.15, 0.2) is 0 Å². The van der Waals surface area contributed by atoms with Crippen LogP contribution < -0.4 is 5.32 Å². The van der Waals surface area contributed by atoms with Crippen molar-refractivity contribution in [2.45, 2.75) is 19.1 Å². The molecule has 4 nitrogen and oxygen atoms in total. The lowest BCUT2D eigenvalue weighted by molar-refractivity contribution is 0.0757. The van der Waals surface area contributed by atoms with E-state index < -0.39 is 0 Å². The smallest absolute Gasteiger partial charge is 0.272 e. The van der Waals surface area contributed by atoms with Crippen LogP contribution in [0.4, 0.5) is 5.82 Å². The van der Waals surface area contributed by atoms with Gasteiger partial charge in [-0.2, -0.15) is 11.8 Å². The highest BCUT2D eigenvalue weighted by atomic mass is 32.2. The average molecular weight is 265 g/mol. The number of nitrogens with one attached hydrogen (secondary N) is 1. The number of carbonyl (C=O) groups is 1. The molecule has 1 fully saturated rings. The van der Waals surface area contributed by atoms with Gasteiger partial charge in [0.25, 0.3) is 5.91 Å². The molecule has 18 heavy (non-hydrogen) atoms. The normalized spacial score (nSPS) is 19.7. The van der Waals surface area contributed by atoms with E-state index in [4.69, 9.17) is 0 Å². The van der Waals surface area contributed by atoms with Gasteiger partial charge in [0, 0.05) is 30.6 Å². The Morgan fingerprint density at radius 2 is 2.44 bits per heavy atom. The standard InChI is InChI=1S/C13H19N3OS/c1-3-14-12-6-4-5-11(15-12)13(17)16-7-8-18-10(2)9-16/h4-6,10H,3,7-9H2,1-2H3,(H,14,15). The monoisotopic (exact) mass is 265 g/mol. The summed E-state index contributed by atoms with van der Waals surface area (Å²) in [4.78, 5) is 18.6. The van der Waals surface area contributed by atoms with Crippen molar-refractivity contribution in [3.05, 3.63) is 23.9 Å². The van der Waals surface area contributed by atoms with E-state index in [0.717, 1.165) is 31.2 Å². The van der Waals surface area contributed by atoms with E-state index in [2.05, 4.69) is 17.2 Å². The summed E-state index contributed by atoms with van der Waals surface area (Å²) in [5.41, 5.74) is 0.535. The zero-order valence-electron chi connectivity index (χ0n) is 10.8. The minimum Gasteiger partial charge on any atom is -0.370 e. The van der Waals surface area contributed by atoms with Gasteiger partial charge < -0.3 is 10.2 Å². The van der Waals surface area contributed by atoms with Crippen LogP contribution in [-0.2, 0) is 0 Å². The van der Waals surface area contributed by atoms with Crippen LogP contribution in [0.1, 0.15) is 24.3 Å². The van der Waals surface area contributed by atoms with Crippen molar-refractivity contribution in [3.8, 4) is 0 Å². The van der Waals surface area contributed by atoms with Crippen molar-refractivity contribution in [1.82, 2.24) is 9.88 Å². The molecule has 0 aromatic carbocycles. The molecule has 0 radical (unpaired) electrons. The Hall–Kier alpha value is -1.23. The third-order valence-electron chi connectivity index (χ3n) is 2.85. The molecule has 0 aliphatic carbocycles. The second-order valence-corrected chi connectivity index (χ2v) is 5.92. The van der Waals surface area contributed by atoms with Gasteiger partial charge in [-0.3, -0.25) is 4.79 Å². The number of amides is 1. The molecule has 1 aliphatic rings. The summed E-state index contributed by atoms with van der Waals surface area (Å²) in [5, 5.41) is 3.64. The zero-order valence-corrected chi connectivity index (χ0v) is 11.7. The number of anilines is 1. The molecule has 0 bridgehead atoms. The molecule has 1 aromatic heterocycles. The molecule has 0 spiro atoms. The SMILES string of the molecule is CCNc1cccc(C(=O)N2CCSC(C)C2)n1. The molecule has 1 aliphatic heterocycles. The van der Waals surface area contributed by atoms with Crippen LogP contribution >= 0.6 is 11.8 Å². The molecule has 0 saturated carbocycles. The van der Waals surface area contributed by atoms with Crippen LogP contribution in [0, 0.1) is 0 Å². The molecular formula is C13H19N3OS. The quantitative estimate of drug-likeness (QED) is 0.909. The maximum atomic E-state index is 12.3. The summed E-state index contributed by atoms with van der Waals surface area (Å²) in [5.74, 6) is 1.82. The lowest BCUT2D eigenvalue weighted by atomic mass is 10.3. The summed E-state index contributed by atoms with van der Waals surface area (Å²) in [7, 11) is 0. The molecule has 1 aromatic rings. The van der Waals surface area contributed by atoms with Gasteiger partial charge in [0.1, 0.15) is 11.5 Å². The number of hydrogen-bond acceptors (Lipinski definition) is 4. The highest BCUT2D eigenvalue weighted by Gasteiger charge is 2.23. The largest absolute Gasteiger partial charge is 0.370 e. The van der Waals surface area contributed by atoms with E-state index in [1.165, 1.54) is 0 Å². The molecular weight excluding hydrogens is 246 g/mol. The Morgan fingerprint density at radius 1 is 1.61 bits per heavy atom. The topological polar surface area (TPSA) is 45.2 Å². The summed E-state index contributed by atoms with van der Waals surface area (Å²) < 4.78 is 0. The van der Waals surface area contributed by atoms with Crippen molar-refractivity contribution < 1.29 is 4.79 Å². The Morgan fingerprint density at radius 3 is 3.17 bits per heavy atom. The summed E-state index contributed by atoms with van der Waals surface area (Å²) >= 11 is 1.92. The van der Waals surface area contributed by atoms with Crippen LogP contribution in [0.25, 0.3) is 0 Å². The van der Waals surface area contributed by atoms with Gasteiger partial charge in [-0.15, -0.1) is 0 Å². The first-order valence-corrected chi connectivity index (χ1v) is 7.37. The molecule has 1 saturated heterocycles. The third kappa shape index (κ3) is 3.16. The van der Waals surface area contributed by atoms with E-state index in [1.54, 1.807) is 6.07 Å². The van der Waals surface area contributed by atoms with Crippen molar-refractivity contribution in [2.75, 3.05) is 30.7 Å². The van der Waals surface area contributed by atoms with E-state index >= 15 is 0 Å². The molecule has 1 atom stereocenters. The van der Waals surface area contributed by atoms with Crippen molar-refractivity contribution in [1.29, 1.82) is 0 Å². The molecule has 2 heterocycles. The minimum atomic E-state index is 0.0434. The molecule has 2 rings (SSSR count). The lowest BCUT2D eigenvalue weighted by Gasteiger charge is -2.30. The Balaban J connectivity index is 2.10. The van der Waals surface area contributed by atoms with Crippen molar-refractivity contribution in [2.24, 2.45) is 0 Å². The van der Waals surface area contributed by atoms with Crippen molar-refractivity contribution >= 4 is 23.5 Å². The number of thioether (sulfide) groups is 1. The Bertz CT molecular complexity index is 424. The van der Waals surface area contributed by atoms with Gasteiger partial charge in [0.05, 0.1) is 0 Å². The lowest BCUT2D eigenvalue weighted by Crippen LogP contribution is -2.41. The second-order valence-electron chi connectivity index (χ2n) is 4.37. The van der Waals surface area contributed by atoms with Gasteiger partial charge in [-0.1, -0.05) is 13.0 Å². The van der Waals surface area contributed by atoms with Crippen LogP contribution in [0.2, 0.25) is 0 Å². The van der Waals surface area contributed by atoms with Crippen LogP contribution in [0.5, 0.6) is 0 Å². The fraction of sp³-hybridized carbons (Fsp3) is 0.538. The second kappa shape index (κ2) is 6.09. The summed E-state index contributed by atoms with van der Waals surface area (Å²) in [6.07, 6.45) is 0. The predicted octanol–water partition coefficient (Wildman–Crippen LogP) is 2.09. The summed E-state index contributed by atoms with van der Waals surface area (Å²) in [6.45, 7) is 6.62. The van der Waals surface area contributed by atoms with Gasteiger partial charge in [0.2, 0.25) is 0 Å². The molecule has 1 amide bonds. The number of hydrogen-bond donors (Lipinski definition) is 1. The van der Waals surface area contributed by atoms with E-state index in [1.807, 2.05) is 35.7 Å². The highest BCUT2D eigenvalue weighted by molar-refractivity contribution is 7.99. The summed E-state index contributed by atoms with van der Waals surface area (Å²) in [6, 6.07) is 5.55. The first-order chi connectivity index (χ1) is 8.70. The van der Waals surface area contributed by atoms with Crippen LogP contribution in [0.15, 0.2) is 18.2 Å². The van der Waals surface area contributed by atoms with Gasteiger partial charge in [-0.25, -0.2) is 4.98 Å². The average Bonchev–Trinajstić information content (AvgIpc) is 2.39. The first-order valence-electron chi connectivity index (χ1n) is 6.32. The molecule has 5 heteroatoms. The molecule has 1 N–H and O–H groups in total. The number of nitrogens with zero attached hydrogens (tertiary/aromatic N) is 2. The number of rotatable bonds is 3. The Labute approximate surface area is 112 Å². The maximum Gasteiger partial charge on any atom is 0.272 e. The highest BCUT2D eigenvalue weighted by Crippen LogP contribution is 2.19. The van der Waals surface area contributed by atoms with Gasteiger partial charge >= 0.3 is 0 Å².